The second-order valence-electron chi connectivity index (χ2n) is 5.75. The van der Waals surface area contributed by atoms with Gasteiger partial charge in [-0.2, -0.15) is 8.42 Å². The van der Waals surface area contributed by atoms with E-state index in [4.69, 9.17) is 20.5 Å². The van der Waals surface area contributed by atoms with E-state index in [9.17, 15) is 17.6 Å². The number of halogens is 2. The second-order valence-corrected chi connectivity index (χ2v) is 8.86. The Balaban J connectivity index is 1.70. The number of hydrogen-bond acceptors (Lipinski definition) is 6. The lowest BCUT2D eigenvalue weighted by molar-refractivity contribution is 0.102. The summed E-state index contributed by atoms with van der Waals surface area (Å²) in [6.45, 7) is -0.0739. The van der Waals surface area contributed by atoms with Gasteiger partial charge in [0, 0.05) is 11.4 Å². The highest BCUT2D eigenvalue weighted by Crippen LogP contribution is 2.37. The molecular weight excluding hydrogens is 417 g/mol. The number of carbonyl (C=O) groups is 1. The molecule has 6 nitrogen and oxygen atoms in total. The van der Waals surface area contributed by atoms with Crippen LogP contribution in [-0.4, -0.2) is 39.0 Å². The van der Waals surface area contributed by atoms with Crippen LogP contribution in [0.2, 0.25) is 5.02 Å². The Morgan fingerprint density at radius 3 is 2.89 bits per heavy atom. The molecule has 0 saturated carbocycles. The first kappa shape index (κ1) is 19.9. The molecule has 3 rings (SSSR count). The summed E-state index contributed by atoms with van der Waals surface area (Å²) in [5.41, 5.74) is 0.235. The van der Waals surface area contributed by atoms with Crippen molar-refractivity contribution in [2.75, 3.05) is 23.9 Å². The molecule has 10 heteroatoms. The van der Waals surface area contributed by atoms with Crippen LogP contribution in [0.5, 0.6) is 5.75 Å². The first-order valence-electron chi connectivity index (χ1n) is 7.76. The maximum atomic E-state index is 13.9. The van der Waals surface area contributed by atoms with Crippen LogP contribution in [0.25, 0.3) is 0 Å². The second kappa shape index (κ2) is 8.05. The molecule has 0 radical (unpaired) electrons. The molecule has 1 amide bonds. The molecule has 0 unspecified atom stereocenters. The van der Waals surface area contributed by atoms with Gasteiger partial charge in [-0.05, 0) is 30.3 Å². The normalized spacial score (nSPS) is 16.3. The van der Waals surface area contributed by atoms with Gasteiger partial charge >= 0.3 is 0 Å². The largest absolute Gasteiger partial charge is 0.486 e. The monoisotopic (exact) mass is 431 g/mol. The van der Waals surface area contributed by atoms with Gasteiger partial charge < -0.3 is 10.1 Å². The Labute approximate surface area is 165 Å². The predicted molar refractivity (Wildman–Crippen MR) is 102 cm³/mol. The molecule has 0 bridgehead atoms. The SMILES string of the molecule is CS(=O)(=O)OC[C@H]1CSc2cc(NC(=O)c3c(F)cccc3Cl)ccc2O1. The summed E-state index contributed by atoms with van der Waals surface area (Å²) in [6, 6.07) is 8.97. The van der Waals surface area contributed by atoms with Crippen molar-refractivity contribution in [1.29, 1.82) is 0 Å². The zero-order chi connectivity index (χ0) is 19.6. The van der Waals surface area contributed by atoms with E-state index in [0.717, 1.165) is 17.2 Å². The molecule has 0 spiro atoms. The molecule has 144 valence electrons. The average Bonchev–Trinajstić information content (AvgIpc) is 2.59. The molecule has 1 heterocycles. The van der Waals surface area contributed by atoms with Crippen LogP contribution in [-0.2, 0) is 14.3 Å². The number of amides is 1. The number of benzene rings is 2. The van der Waals surface area contributed by atoms with Gasteiger partial charge in [-0.1, -0.05) is 17.7 Å². The highest BCUT2D eigenvalue weighted by atomic mass is 35.5. The maximum Gasteiger partial charge on any atom is 0.264 e. The fraction of sp³-hybridized carbons (Fsp3) is 0.235. The number of carbonyl (C=O) groups excluding carboxylic acids is 1. The lowest BCUT2D eigenvalue weighted by Gasteiger charge is -2.25. The summed E-state index contributed by atoms with van der Waals surface area (Å²) in [6.07, 6.45) is 0.572. The van der Waals surface area contributed by atoms with Crippen molar-refractivity contribution in [3.8, 4) is 5.75 Å². The van der Waals surface area contributed by atoms with Crippen molar-refractivity contribution in [3.63, 3.8) is 0 Å². The molecule has 0 fully saturated rings. The molecule has 27 heavy (non-hydrogen) atoms. The summed E-state index contributed by atoms with van der Waals surface area (Å²) >= 11 is 7.34. The van der Waals surface area contributed by atoms with Crippen LogP contribution in [0.4, 0.5) is 10.1 Å². The molecule has 0 aliphatic carbocycles. The summed E-state index contributed by atoms with van der Waals surface area (Å²) in [5.74, 6) is -0.321. The average molecular weight is 432 g/mol. The molecule has 0 aromatic heterocycles. The van der Waals surface area contributed by atoms with Gasteiger partial charge in [0.15, 0.2) is 0 Å². The zero-order valence-electron chi connectivity index (χ0n) is 14.1. The van der Waals surface area contributed by atoms with Crippen molar-refractivity contribution in [2.45, 2.75) is 11.0 Å². The van der Waals surface area contributed by atoms with Crippen molar-refractivity contribution in [2.24, 2.45) is 0 Å². The van der Waals surface area contributed by atoms with Gasteiger partial charge in [-0.15, -0.1) is 11.8 Å². The van der Waals surface area contributed by atoms with E-state index in [1.165, 1.54) is 23.9 Å². The van der Waals surface area contributed by atoms with E-state index >= 15 is 0 Å². The van der Waals surface area contributed by atoms with E-state index < -0.39 is 27.9 Å². The molecule has 2 aromatic carbocycles. The topological polar surface area (TPSA) is 81.7 Å². The summed E-state index contributed by atoms with van der Waals surface area (Å²) in [5, 5.41) is 2.63. The van der Waals surface area contributed by atoms with E-state index in [2.05, 4.69) is 5.32 Å². The molecule has 1 N–H and O–H groups in total. The minimum absolute atomic E-state index is 0.0249. The smallest absolute Gasteiger partial charge is 0.264 e. The minimum atomic E-state index is -3.53. The molecule has 1 aliphatic rings. The highest BCUT2D eigenvalue weighted by molar-refractivity contribution is 7.99. The lowest BCUT2D eigenvalue weighted by Crippen LogP contribution is -2.29. The summed E-state index contributed by atoms with van der Waals surface area (Å²) < 4.78 is 46.5. The fourth-order valence-electron chi connectivity index (χ4n) is 2.38. The first-order valence-corrected chi connectivity index (χ1v) is 10.9. The Morgan fingerprint density at radius 2 is 2.19 bits per heavy atom. The van der Waals surface area contributed by atoms with Crippen molar-refractivity contribution >= 4 is 45.1 Å². The number of anilines is 1. The summed E-state index contributed by atoms with van der Waals surface area (Å²) in [4.78, 5) is 13.1. The number of fused-ring (bicyclic) bond motifs is 1. The highest BCUT2D eigenvalue weighted by Gasteiger charge is 2.23. The van der Waals surface area contributed by atoms with E-state index in [0.29, 0.717) is 17.2 Å². The number of ether oxygens (including phenoxy) is 1. The number of thioether (sulfide) groups is 1. The minimum Gasteiger partial charge on any atom is -0.486 e. The van der Waals surface area contributed by atoms with Crippen molar-refractivity contribution in [3.05, 3.63) is 52.8 Å². The maximum absolute atomic E-state index is 13.9. The Bertz CT molecular complexity index is 963. The molecule has 0 saturated heterocycles. The first-order chi connectivity index (χ1) is 12.7. The standard InChI is InChI=1S/C17H15ClFNO5S2/c1-27(22,23)24-8-11-9-26-15-7-10(5-6-14(15)25-11)20-17(21)16-12(18)3-2-4-13(16)19/h2-7,11H,8-9H2,1H3,(H,20,21)/t11-/m0/s1. The van der Waals surface area contributed by atoms with Gasteiger partial charge in [-0.25, -0.2) is 4.39 Å². The van der Waals surface area contributed by atoms with Crippen LogP contribution >= 0.6 is 23.4 Å². The van der Waals surface area contributed by atoms with Gasteiger partial charge in [-0.3, -0.25) is 8.98 Å². The molecule has 1 atom stereocenters. The van der Waals surface area contributed by atoms with Gasteiger partial charge in [0.2, 0.25) is 0 Å². The van der Waals surface area contributed by atoms with E-state index in [1.54, 1.807) is 18.2 Å². The predicted octanol–water partition coefficient (Wildman–Crippen LogP) is 3.56. The Hall–Kier alpha value is -1.81. The molecular formula is C17H15ClFNO5S2. The third kappa shape index (κ3) is 5.13. The molecule has 1 aliphatic heterocycles. The summed E-state index contributed by atoms with van der Waals surface area (Å²) in [7, 11) is -3.53. The van der Waals surface area contributed by atoms with Crippen LogP contribution in [0.15, 0.2) is 41.3 Å². The Kier molecular flexibility index (Phi) is 5.95. The van der Waals surface area contributed by atoms with Crippen LogP contribution < -0.4 is 10.1 Å². The van der Waals surface area contributed by atoms with Crippen LogP contribution in [0.1, 0.15) is 10.4 Å². The zero-order valence-corrected chi connectivity index (χ0v) is 16.5. The fourth-order valence-corrected chi connectivity index (χ4v) is 4.03. The lowest BCUT2D eigenvalue weighted by atomic mass is 10.2. The van der Waals surface area contributed by atoms with Gasteiger partial charge in [0.25, 0.3) is 16.0 Å². The van der Waals surface area contributed by atoms with Gasteiger partial charge in [0.1, 0.15) is 24.3 Å². The van der Waals surface area contributed by atoms with E-state index in [1.807, 2.05) is 0 Å². The third-order valence-electron chi connectivity index (χ3n) is 3.58. The van der Waals surface area contributed by atoms with Crippen LogP contribution in [0.3, 0.4) is 0 Å². The van der Waals surface area contributed by atoms with Crippen LogP contribution in [0, 0.1) is 5.82 Å². The van der Waals surface area contributed by atoms with Gasteiger partial charge in [0.05, 0.1) is 21.7 Å². The van der Waals surface area contributed by atoms with Crippen molar-refractivity contribution in [1.82, 2.24) is 0 Å². The number of nitrogens with one attached hydrogen (secondary N) is 1. The number of rotatable bonds is 5. The van der Waals surface area contributed by atoms with E-state index in [-0.39, 0.29) is 17.2 Å². The number of hydrogen-bond donors (Lipinski definition) is 1. The Morgan fingerprint density at radius 1 is 1.41 bits per heavy atom. The van der Waals surface area contributed by atoms with Crippen molar-refractivity contribution < 1.29 is 26.5 Å². The molecule has 2 aromatic rings. The quantitative estimate of drug-likeness (QED) is 0.729. The third-order valence-corrected chi connectivity index (χ3v) is 5.63.